The lowest BCUT2D eigenvalue weighted by Crippen LogP contribution is -2.36. The quantitative estimate of drug-likeness (QED) is 0.659. The second-order valence-electron chi connectivity index (χ2n) is 7.36. The molecule has 2 aliphatic heterocycles. The van der Waals surface area contributed by atoms with Crippen LogP contribution in [0.25, 0.3) is 11.0 Å². The Morgan fingerprint density at radius 2 is 2.07 bits per heavy atom. The second-order valence-corrected chi connectivity index (χ2v) is 7.79. The van der Waals surface area contributed by atoms with Gasteiger partial charge < -0.3 is 29.0 Å². The molecule has 8 nitrogen and oxygen atoms in total. The van der Waals surface area contributed by atoms with Crippen LogP contribution >= 0.6 is 11.6 Å². The third-order valence-electron chi connectivity index (χ3n) is 5.56. The Labute approximate surface area is 171 Å². The van der Waals surface area contributed by atoms with Crippen LogP contribution in [0.5, 0.6) is 0 Å². The highest BCUT2D eigenvalue weighted by atomic mass is 35.5. The van der Waals surface area contributed by atoms with Crippen LogP contribution in [-0.4, -0.2) is 50.1 Å². The van der Waals surface area contributed by atoms with Crippen molar-refractivity contribution in [2.24, 2.45) is 0 Å². The number of hydrogen-bond acceptors (Lipinski definition) is 7. The maximum Gasteiger partial charge on any atom is 0.165 e. The van der Waals surface area contributed by atoms with Crippen LogP contribution < -0.4 is 0 Å². The highest BCUT2D eigenvalue weighted by Crippen LogP contribution is 2.41. The van der Waals surface area contributed by atoms with Gasteiger partial charge in [0, 0.05) is 16.6 Å². The summed E-state index contributed by atoms with van der Waals surface area (Å²) < 4.78 is 19.2. The third kappa shape index (κ3) is 3.13. The Morgan fingerprint density at radius 3 is 2.93 bits per heavy atom. The first-order valence-corrected chi connectivity index (χ1v) is 9.70. The SMILES string of the molecule is Cc1cnnc2c1ccn2[C@@H]1O[C@H]([C@@H]2OCOCc3cc(Cl)ccc32)[C@@H](O)[C@H]1O. The Bertz CT molecular complexity index is 1060. The van der Waals surface area contributed by atoms with Crippen LogP contribution in [0.2, 0.25) is 5.02 Å². The van der Waals surface area contributed by atoms with Crippen LogP contribution in [-0.2, 0) is 20.8 Å². The van der Waals surface area contributed by atoms with Gasteiger partial charge in [-0.1, -0.05) is 17.7 Å². The molecular weight excluding hydrogens is 398 g/mol. The average molecular weight is 418 g/mol. The lowest BCUT2D eigenvalue weighted by Gasteiger charge is -2.25. The van der Waals surface area contributed by atoms with Crippen molar-refractivity contribution in [1.29, 1.82) is 0 Å². The molecule has 1 saturated heterocycles. The van der Waals surface area contributed by atoms with Crippen LogP contribution in [0.4, 0.5) is 0 Å². The monoisotopic (exact) mass is 417 g/mol. The minimum atomic E-state index is -1.17. The largest absolute Gasteiger partial charge is 0.387 e. The van der Waals surface area contributed by atoms with Gasteiger partial charge in [-0.2, -0.15) is 5.10 Å². The lowest BCUT2D eigenvalue weighted by molar-refractivity contribution is -0.151. The van der Waals surface area contributed by atoms with E-state index in [1.807, 2.05) is 25.1 Å². The fourth-order valence-corrected chi connectivity index (χ4v) is 4.27. The topological polar surface area (TPSA) is 98.9 Å². The van der Waals surface area contributed by atoms with Gasteiger partial charge >= 0.3 is 0 Å². The van der Waals surface area contributed by atoms with Gasteiger partial charge in [0.1, 0.15) is 31.2 Å². The van der Waals surface area contributed by atoms with E-state index in [-0.39, 0.29) is 6.79 Å². The minimum Gasteiger partial charge on any atom is -0.387 e. The number of nitrogens with zero attached hydrogens (tertiary/aromatic N) is 3. The van der Waals surface area contributed by atoms with Crippen LogP contribution in [0.15, 0.2) is 36.7 Å². The molecule has 5 rings (SSSR count). The molecule has 29 heavy (non-hydrogen) atoms. The number of rotatable bonds is 2. The number of halogens is 1. The van der Waals surface area contributed by atoms with Gasteiger partial charge in [0.2, 0.25) is 0 Å². The summed E-state index contributed by atoms with van der Waals surface area (Å²) in [5, 5.41) is 31.2. The maximum atomic E-state index is 10.8. The van der Waals surface area contributed by atoms with Crippen molar-refractivity contribution in [1.82, 2.24) is 14.8 Å². The number of aliphatic hydroxyl groups excluding tert-OH is 2. The number of aromatic nitrogens is 3. The van der Waals surface area contributed by atoms with E-state index in [1.54, 1.807) is 23.0 Å². The summed E-state index contributed by atoms with van der Waals surface area (Å²) in [6.45, 7) is 2.33. The zero-order valence-electron chi connectivity index (χ0n) is 15.6. The molecule has 9 heteroatoms. The zero-order chi connectivity index (χ0) is 20.1. The molecule has 1 aromatic carbocycles. The van der Waals surface area contributed by atoms with Gasteiger partial charge in [0.25, 0.3) is 0 Å². The van der Waals surface area contributed by atoms with E-state index in [0.29, 0.717) is 17.3 Å². The zero-order valence-corrected chi connectivity index (χ0v) is 16.4. The van der Waals surface area contributed by atoms with Crippen molar-refractivity contribution in [3.8, 4) is 0 Å². The van der Waals surface area contributed by atoms with Crippen LogP contribution in [0.1, 0.15) is 29.0 Å². The number of aryl methyl sites for hydroxylation is 1. The molecule has 0 saturated carbocycles. The Kier molecular flexibility index (Phi) is 4.78. The van der Waals surface area contributed by atoms with E-state index in [9.17, 15) is 10.2 Å². The van der Waals surface area contributed by atoms with Gasteiger partial charge in [-0.05, 0) is 41.8 Å². The number of fused-ring (bicyclic) bond motifs is 2. The Hall–Kier alpha value is -2.07. The minimum absolute atomic E-state index is 0.0431. The van der Waals surface area contributed by atoms with E-state index in [0.717, 1.165) is 22.1 Å². The number of hydrogen-bond donors (Lipinski definition) is 2. The molecule has 0 unspecified atom stereocenters. The van der Waals surface area contributed by atoms with E-state index in [1.165, 1.54) is 0 Å². The second kappa shape index (κ2) is 7.32. The normalized spacial score (nSPS) is 29.7. The van der Waals surface area contributed by atoms with E-state index in [2.05, 4.69) is 10.2 Å². The van der Waals surface area contributed by atoms with Crippen molar-refractivity contribution in [2.75, 3.05) is 6.79 Å². The molecule has 2 aromatic heterocycles. The van der Waals surface area contributed by atoms with Crippen molar-refractivity contribution < 1.29 is 24.4 Å². The number of aliphatic hydroxyl groups is 2. The molecule has 0 bridgehead atoms. The molecule has 1 fully saturated rings. The van der Waals surface area contributed by atoms with Gasteiger partial charge in [0.05, 0.1) is 12.8 Å². The van der Waals surface area contributed by atoms with Crippen LogP contribution in [0, 0.1) is 6.92 Å². The molecule has 0 amide bonds. The van der Waals surface area contributed by atoms with Crippen molar-refractivity contribution in [3.05, 3.63) is 58.4 Å². The van der Waals surface area contributed by atoms with Crippen molar-refractivity contribution in [3.63, 3.8) is 0 Å². The van der Waals surface area contributed by atoms with Gasteiger partial charge in [-0.3, -0.25) is 0 Å². The molecule has 2 N–H and O–H groups in total. The fourth-order valence-electron chi connectivity index (χ4n) is 4.07. The molecule has 0 aliphatic carbocycles. The first-order chi connectivity index (χ1) is 14.0. The molecule has 0 radical (unpaired) electrons. The molecule has 5 atom stereocenters. The fraction of sp³-hybridized carbons (Fsp3) is 0.400. The van der Waals surface area contributed by atoms with E-state index >= 15 is 0 Å². The summed E-state index contributed by atoms with van der Waals surface area (Å²) in [5.41, 5.74) is 3.23. The Balaban J connectivity index is 1.51. The molecule has 2 aliphatic rings. The number of ether oxygens (including phenoxy) is 3. The first kappa shape index (κ1) is 18.9. The van der Waals surface area contributed by atoms with Crippen LogP contribution in [0.3, 0.4) is 0 Å². The maximum absolute atomic E-state index is 10.8. The van der Waals surface area contributed by atoms with Gasteiger partial charge in [0.15, 0.2) is 11.9 Å². The summed E-state index contributed by atoms with van der Waals surface area (Å²) >= 11 is 6.11. The third-order valence-corrected chi connectivity index (χ3v) is 5.80. The summed E-state index contributed by atoms with van der Waals surface area (Å²) in [6.07, 6.45) is -1.12. The predicted octanol–water partition coefficient (Wildman–Crippen LogP) is 2.26. The van der Waals surface area contributed by atoms with Gasteiger partial charge in [-0.25, -0.2) is 0 Å². The first-order valence-electron chi connectivity index (χ1n) is 9.32. The summed E-state index contributed by atoms with van der Waals surface area (Å²) in [7, 11) is 0. The standard InChI is InChI=1S/C20H20ClN3O5/c1-10-7-22-23-19-13(10)4-5-24(19)20-16(26)15(25)18(29-20)17-14-3-2-12(21)6-11(14)8-27-9-28-17/h2-7,15-18,20,25-26H,8-9H2,1H3/t15-,16+,17+,18-,20+/m0/s1. The number of benzene rings is 1. The summed E-state index contributed by atoms with van der Waals surface area (Å²) in [6, 6.07) is 7.30. The highest BCUT2D eigenvalue weighted by molar-refractivity contribution is 6.30. The summed E-state index contributed by atoms with van der Waals surface area (Å²) in [4.78, 5) is 0. The summed E-state index contributed by atoms with van der Waals surface area (Å²) in [5.74, 6) is 0. The van der Waals surface area contributed by atoms with E-state index < -0.39 is 30.6 Å². The molecular formula is C20H20ClN3O5. The lowest BCUT2D eigenvalue weighted by atomic mass is 9.95. The molecule has 4 heterocycles. The Morgan fingerprint density at radius 1 is 1.21 bits per heavy atom. The molecule has 0 spiro atoms. The van der Waals surface area contributed by atoms with Gasteiger partial charge in [-0.15, -0.1) is 5.10 Å². The highest BCUT2D eigenvalue weighted by Gasteiger charge is 2.49. The van der Waals surface area contributed by atoms with Crippen molar-refractivity contribution >= 4 is 22.6 Å². The van der Waals surface area contributed by atoms with Crippen molar-refractivity contribution in [2.45, 2.75) is 44.2 Å². The smallest absolute Gasteiger partial charge is 0.165 e. The average Bonchev–Trinajstić information content (AvgIpc) is 3.18. The molecule has 152 valence electrons. The predicted molar refractivity (Wildman–Crippen MR) is 103 cm³/mol. The molecule has 3 aromatic rings. The van der Waals surface area contributed by atoms with E-state index in [4.69, 9.17) is 25.8 Å².